The molecule has 0 fully saturated rings. The van der Waals surface area contributed by atoms with Gasteiger partial charge in [0.1, 0.15) is 0 Å². The Balaban J connectivity index is 2.52. The maximum Gasteiger partial charge on any atom is 0.333 e. The molecule has 1 aromatic carbocycles. The quantitative estimate of drug-likeness (QED) is 0.607. The Morgan fingerprint density at radius 1 is 1.50 bits per heavy atom. The summed E-state index contributed by atoms with van der Waals surface area (Å²) < 4.78 is 4.64. The summed E-state index contributed by atoms with van der Waals surface area (Å²) in [5.74, 6) is -0.286. The molecule has 0 N–H and O–H groups in total. The molecule has 0 radical (unpaired) electrons. The van der Waals surface area contributed by atoms with Crippen molar-refractivity contribution in [2.45, 2.75) is 13.5 Å². The van der Waals surface area contributed by atoms with Gasteiger partial charge in [0.15, 0.2) is 0 Å². The summed E-state index contributed by atoms with van der Waals surface area (Å²) in [7, 11) is 3.37. The highest BCUT2D eigenvalue weighted by Gasteiger charge is 2.04. The summed E-state index contributed by atoms with van der Waals surface area (Å²) in [6.45, 7) is 3.22. The van der Waals surface area contributed by atoms with Crippen LogP contribution in [-0.4, -0.2) is 31.6 Å². The van der Waals surface area contributed by atoms with E-state index in [9.17, 15) is 4.79 Å². The second kappa shape index (κ2) is 7.19. The summed E-state index contributed by atoms with van der Waals surface area (Å²) in [6, 6.07) is 7.75. The number of nitrogens with zero attached hydrogens (tertiary/aromatic N) is 1. The van der Waals surface area contributed by atoms with Gasteiger partial charge in [0.05, 0.1) is 7.11 Å². The number of carbonyl (C=O) groups excluding carboxylic acids is 1. The van der Waals surface area contributed by atoms with E-state index in [0.29, 0.717) is 12.1 Å². The molecule has 0 saturated heterocycles. The Hall–Kier alpha value is -1.32. The Morgan fingerprint density at radius 3 is 2.83 bits per heavy atom. The number of likely N-dealkylation sites (N-methyl/N-ethyl adjacent to an activating group) is 1. The molecule has 0 aliphatic heterocycles. The first-order chi connectivity index (χ1) is 8.52. The van der Waals surface area contributed by atoms with Crippen LogP contribution in [0.15, 0.2) is 35.9 Å². The molecule has 0 atom stereocenters. The Kier molecular flexibility index (Phi) is 5.89. The highest BCUT2D eigenvalue weighted by atomic mass is 35.5. The molecule has 0 aliphatic carbocycles. The minimum absolute atomic E-state index is 0.286. The molecule has 4 heteroatoms. The number of halogens is 1. The Bertz CT molecular complexity index is 443. The number of carbonyl (C=O) groups is 1. The van der Waals surface area contributed by atoms with Crippen LogP contribution in [0, 0.1) is 0 Å². The van der Waals surface area contributed by atoms with Gasteiger partial charge in [-0.15, -0.1) is 0 Å². The predicted molar refractivity (Wildman–Crippen MR) is 73.6 cm³/mol. The van der Waals surface area contributed by atoms with Gasteiger partial charge in [-0.3, -0.25) is 4.90 Å². The molecule has 0 spiro atoms. The van der Waals surface area contributed by atoms with Gasteiger partial charge in [0, 0.05) is 23.7 Å². The number of hydrogen-bond acceptors (Lipinski definition) is 3. The standard InChI is InChI=1S/C14H18ClNO2/c1-11(14(17)18-3)7-8-16(2)10-12-5-4-6-13(15)9-12/h4-7,9H,8,10H2,1-3H3. The van der Waals surface area contributed by atoms with Gasteiger partial charge in [-0.25, -0.2) is 4.79 Å². The van der Waals surface area contributed by atoms with Crippen molar-refractivity contribution in [2.24, 2.45) is 0 Å². The Morgan fingerprint density at radius 2 is 2.22 bits per heavy atom. The van der Waals surface area contributed by atoms with Crippen LogP contribution in [0.2, 0.25) is 5.02 Å². The normalized spacial score (nSPS) is 11.7. The van der Waals surface area contributed by atoms with Crippen molar-refractivity contribution in [1.82, 2.24) is 4.90 Å². The summed E-state index contributed by atoms with van der Waals surface area (Å²) in [6.07, 6.45) is 1.86. The fourth-order valence-corrected chi connectivity index (χ4v) is 1.76. The average molecular weight is 268 g/mol. The van der Waals surface area contributed by atoms with Gasteiger partial charge < -0.3 is 4.74 Å². The van der Waals surface area contributed by atoms with Gasteiger partial charge in [-0.1, -0.05) is 29.8 Å². The first-order valence-corrected chi connectivity index (χ1v) is 6.08. The van der Waals surface area contributed by atoms with Crippen LogP contribution in [0.4, 0.5) is 0 Å². The third-order valence-corrected chi connectivity index (χ3v) is 2.79. The van der Waals surface area contributed by atoms with Crippen molar-refractivity contribution in [3.05, 3.63) is 46.5 Å². The predicted octanol–water partition coefficient (Wildman–Crippen LogP) is 2.89. The number of rotatable bonds is 5. The largest absolute Gasteiger partial charge is 0.466 e. The van der Waals surface area contributed by atoms with Crippen LogP contribution < -0.4 is 0 Å². The fraction of sp³-hybridized carbons (Fsp3) is 0.357. The lowest BCUT2D eigenvalue weighted by molar-refractivity contribution is -0.136. The minimum atomic E-state index is -0.286. The van der Waals surface area contributed by atoms with E-state index in [1.54, 1.807) is 6.92 Å². The Labute approximate surface area is 113 Å². The lowest BCUT2D eigenvalue weighted by atomic mass is 10.2. The second-order valence-electron chi connectivity index (χ2n) is 4.21. The lowest BCUT2D eigenvalue weighted by Gasteiger charge is -2.15. The monoisotopic (exact) mass is 267 g/mol. The van der Waals surface area contributed by atoms with E-state index in [-0.39, 0.29) is 5.97 Å². The van der Waals surface area contributed by atoms with Crippen LogP contribution in [-0.2, 0) is 16.1 Å². The number of esters is 1. The molecule has 0 saturated carbocycles. The van der Waals surface area contributed by atoms with Crippen molar-refractivity contribution >= 4 is 17.6 Å². The average Bonchev–Trinajstić information content (AvgIpc) is 2.35. The van der Waals surface area contributed by atoms with Crippen molar-refractivity contribution in [1.29, 1.82) is 0 Å². The maximum atomic E-state index is 11.2. The van der Waals surface area contributed by atoms with E-state index in [1.807, 2.05) is 37.4 Å². The van der Waals surface area contributed by atoms with E-state index in [1.165, 1.54) is 7.11 Å². The third kappa shape index (κ3) is 4.90. The topological polar surface area (TPSA) is 29.5 Å². The highest BCUT2D eigenvalue weighted by molar-refractivity contribution is 6.30. The molecule has 0 aromatic heterocycles. The summed E-state index contributed by atoms with van der Waals surface area (Å²) in [4.78, 5) is 13.3. The second-order valence-corrected chi connectivity index (χ2v) is 4.64. The maximum absolute atomic E-state index is 11.2. The number of benzene rings is 1. The van der Waals surface area contributed by atoms with Crippen LogP contribution >= 0.6 is 11.6 Å². The minimum Gasteiger partial charge on any atom is -0.466 e. The molecule has 0 unspecified atom stereocenters. The zero-order valence-electron chi connectivity index (χ0n) is 10.9. The van der Waals surface area contributed by atoms with E-state index >= 15 is 0 Å². The van der Waals surface area contributed by atoms with Crippen LogP contribution in [0.25, 0.3) is 0 Å². The van der Waals surface area contributed by atoms with Gasteiger partial charge in [0.2, 0.25) is 0 Å². The summed E-state index contributed by atoms with van der Waals surface area (Å²) >= 11 is 5.92. The molecule has 1 aromatic rings. The highest BCUT2D eigenvalue weighted by Crippen LogP contribution is 2.12. The third-order valence-electron chi connectivity index (χ3n) is 2.56. The molecule has 0 bridgehead atoms. The molecule has 98 valence electrons. The summed E-state index contributed by atoms with van der Waals surface area (Å²) in [5.41, 5.74) is 1.77. The molecule has 0 aliphatic rings. The SMILES string of the molecule is COC(=O)C(C)=CCN(C)Cc1cccc(Cl)c1. The van der Waals surface area contributed by atoms with Crippen molar-refractivity contribution in [3.8, 4) is 0 Å². The molecular formula is C14H18ClNO2. The first-order valence-electron chi connectivity index (χ1n) is 5.71. The number of methoxy groups -OCH3 is 1. The molecule has 3 nitrogen and oxygen atoms in total. The van der Waals surface area contributed by atoms with Crippen molar-refractivity contribution < 1.29 is 9.53 Å². The molecule has 0 heterocycles. The molecule has 0 amide bonds. The molecular weight excluding hydrogens is 250 g/mol. The van der Waals surface area contributed by atoms with Gasteiger partial charge >= 0.3 is 5.97 Å². The van der Waals surface area contributed by atoms with Crippen LogP contribution in [0.3, 0.4) is 0 Å². The van der Waals surface area contributed by atoms with Crippen LogP contribution in [0.1, 0.15) is 12.5 Å². The van der Waals surface area contributed by atoms with Crippen LogP contribution in [0.5, 0.6) is 0 Å². The van der Waals surface area contributed by atoms with E-state index in [4.69, 9.17) is 11.6 Å². The van der Waals surface area contributed by atoms with E-state index < -0.39 is 0 Å². The summed E-state index contributed by atoms with van der Waals surface area (Å²) in [5, 5.41) is 0.738. The van der Waals surface area contributed by atoms with E-state index in [2.05, 4.69) is 9.64 Å². The number of hydrogen-bond donors (Lipinski definition) is 0. The first kappa shape index (κ1) is 14.7. The lowest BCUT2D eigenvalue weighted by Crippen LogP contribution is -2.18. The number of ether oxygens (including phenoxy) is 1. The zero-order chi connectivity index (χ0) is 13.5. The van der Waals surface area contributed by atoms with Crippen molar-refractivity contribution in [3.63, 3.8) is 0 Å². The molecule has 18 heavy (non-hydrogen) atoms. The van der Waals surface area contributed by atoms with Gasteiger partial charge in [-0.2, -0.15) is 0 Å². The zero-order valence-corrected chi connectivity index (χ0v) is 11.7. The smallest absolute Gasteiger partial charge is 0.333 e. The van der Waals surface area contributed by atoms with Gasteiger partial charge in [0.25, 0.3) is 0 Å². The molecule has 1 rings (SSSR count). The van der Waals surface area contributed by atoms with E-state index in [0.717, 1.165) is 17.1 Å². The fourth-order valence-electron chi connectivity index (χ4n) is 1.55. The van der Waals surface area contributed by atoms with Crippen molar-refractivity contribution in [2.75, 3.05) is 20.7 Å². The van der Waals surface area contributed by atoms with Gasteiger partial charge in [-0.05, 0) is 31.7 Å².